The summed E-state index contributed by atoms with van der Waals surface area (Å²) in [6, 6.07) is 5.77. The van der Waals surface area contributed by atoms with E-state index in [4.69, 9.17) is 16.3 Å². The molecule has 4 rings (SSSR count). The van der Waals surface area contributed by atoms with Crippen LogP contribution in [0.5, 0.6) is 0 Å². The van der Waals surface area contributed by atoms with Gasteiger partial charge in [-0.15, -0.1) is 0 Å². The van der Waals surface area contributed by atoms with Gasteiger partial charge in [0.05, 0.1) is 6.10 Å². The maximum Gasteiger partial charge on any atom is 0.226 e. The molecule has 1 atom stereocenters. The molecule has 0 radical (unpaired) electrons. The normalized spacial score (nSPS) is 16.8. The molecular weight excluding hydrogens is 352 g/mol. The Balaban J connectivity index is 1.63. The third-order valence-corrected chi connectivity index (χ3v) is 4.69. The van der Waals surface area contributed by atoms with E-state index in [1.807, 2.05) is 25.1 Å². The Bertz CT molecular complexity index is 929. The summed E-state index contributed by atoms with van der Waals surface area (Å²) in [5.41, 5.74) is 2.98. The molecule has 0 bridgehead atoms. The summed E-state index contributed by atoms with van der Waals surface area (Å²) in [5.74, 6) is 1.08. The van der Waals surface area contributed by atoms with Gasteiger partial charge in [0, 0.05) is 36.3 Å². The Labute approximate surface area is 156 Å². The monoisotopic (exact) mass is 370 g/mol. The molecule has 1 saturated heterocycles. The number of benzene rings is 1. The summed E-state index contributed by atoms with van der Waals surface area (Å²) in [5, 5.41) is 7.21. The number of hydrogen-bond donors (Lipinski definition) is 2. The van der Waals surface area contributed by atoms with Gasteiger partial charge in [-0.25, -0.2) is 9.97 Å². The quantitative estimate of drug-likeness (QED) is 0.708. The lowest BCUT2D eigenvalue weighted by Crippen LogP contribution is -2.20. The first-order chi connectivity index (χ1) is 12.7. The second kappa shape index (κ2) is 7.39. The van der Waals surface area contributed by atoms with Gasteiger partial charge in [-0.05, 0) is 37.5 Å². The minimum absolute atomic E-state index is 0.198. The van der Waals surface area contributed by atoms with Crippen molar-refractivity contribution in [1.29, 1.82) is 0 Å². The number of aromatic nitrogens is 4. The maximum absolute atomic E-state index is 6.23. The summed E-state index contributed by atoms with van der Waals surface area (Å²) >= 11 is 6.23. The van der Waals surface area contributed by atoms with E-state index in [0.717, 1.165) is 30.7 Å². The first kappa shape index (κ1) is 16.9. The molecule has 1 aliphatic heterocycles. The van der Waals surface area contributed by atoms with Crippen molar-refractivity contribution < 1.29 is 4.74 Å². The fourth-order valence-electron chi connectivity index (χ4n) is 2.85. The molecule has 0 saturated carbocycles. The Morgan fingerprint density at radius 1 is 1.23 bits per heavy atom. The standard InChI is InChI=1S/C18H19ClN6O/c1-11-4-5-12(9-14(11)19)23-17-15-16(21-7-6-20-15)24-18(25-17)22-10-13-3-2-8-26-13/h4-7,9,13H,2-3,8,10H2,1H3,(H2,21,22,23,24,25)/t13-/m0/s1. The molecule has 134 valence electrons. The van der Waals surface area contributed by atoms with E-state index in [-0.39, 0.29) is 6.10 Å². The van der Waals surface area contributed by atoms with Crippen LogP contribution >= 0.6 is 11.6 Å². The van der Waals surface area contributed by atoms with Crippen molar-refractivity contribution in [3.8, 4) is 0 Å². The van der Waals surface area contributed by atoms with Gasteiger partial charge in [-0.1, -0.05) is 17.7 Å². The van der Waals surface area contributed by atoms with Gasteiger partial charge < -0.3 is 15.4 Å². The van der Waals surface area contributed by atoms with E-state index in [1.165, 1.54) is 0 Å². The lowest BCUT2D eigenvalue weighted by molar-refractivity contribution is 0.120. The third kappa shape index (κ3) is 3.68. The molecule has 8 heteroatoms. The molecule has 0 amide bonds. The molecule has 2 N–H and O–H groups in total. The number of aryl methyl sites for hydroxylation is 1. The van der Waals surface area contributed by atoms with Crippen molar-refractivity contribution in [1.82, 2.24) is 19.9 Å². The van der Waals surface area contributed by atoms with Crippen LogP contribution in [-0.2, 0) is 4.74 Å². The highest BCUT2D eigenvalue weighted by atomic mass is 35.5. The highest BCUT2D eigenvalue weighted by Crippen LogP contribution is 2.26. The molecule has 26 heavy (non-hydrogen) atoms. The number of halogens is 1. The number of rotatable bonds is 5. The van der Waals surface area contributed by atoms with Crippen LogP contribution in [-0.4, -0.2) is 39.2 Å². The summed E-state index contributed by atoms with van der Waals surface area (Å²) < 4.78 is 5.64. The molecule has 7 nitrogen and oxygen atoms in total. The van der Waals surface area contributed by atoms with Crippen molar-refractivity contribution in [2.24, 2.45) is 0 Å². The molecular formula is C18H19ClN6O. The zero-order chi connectivity index (χ0) is 17.9. The van der Waals surface area contributed by atoms with Crippen molar-refractivity contribution in [2.45, 2.75) is 25.9 Å². The number of hydrogen-bond acceptors (Lipinski definition) is 7. The van der Waals surface area contributed by atoms with Crippen LogP contribution in [0, 0.1) is 6.92 Å². The summed E-state index contributed by atoms with van der Waals surface area (Å²) in [4.78, 5) is 17.7. The van der Waals surface area contributed by atoms with Crippen molar-refractivity contribution in [2.75, 3.05) is 23.8 Å². The second-order valence-electron chi connectivity index (χ2n) is 6.23. The van der Waals surface area contributed by atoms with Gasteiger partial charge >= 0.3 is 0 Å². The number of nitrogens with one attached hydrogen (secondary N) is 2. The molecule has 1 aliphatic rings. The van der Waals surface area contributed by atoms with Crippen LogP contribution in [0.1, 0.15) is 18.4 Å². The summed E-state index contributed by atoms with van der Waals surface area (Å²) in [7, 11) is 0. The Morgan fingerprint density at radius 3 is 2.92 bits per heavy atom. The molecule has 0 unspecified atom stereocenters. The van der Waals surface area contributed by atoms with Crippen LogP contribution in [0.25, 0.3) is 11.2 Å². The van der Waals surface area contributed by atoms with E-state index < -0.39 is 0 Å². The number of anilines is 3. The molecule has 3 heterocycles. The van der Waals surface area contributed by atoms with E-state index >= 15 is 0 Å². The summed E-state index contributed by atoms with van der Waals surface area (Å²) in [6.45, 7) is 3.45. The van der Waals surface area contributed by atoms with Gasteiger partial charge in [0.25, 0.3) is 0 Å². The van der Waals surface area contributed by atoms with Gasteiger partial charge in [0.15, 0.2) is 17.0 Å². The highest BCUT2D eigenvalue weighted by molar-refractivity contribution is 6.31. The van der Waals surface area contributed by atoms with Crippen LogP contribution in [0.3, 0.4) is 0 Å². The van der Waals surface area contributed by atoms with E-state index in [0.29, 0.717) is 34.5 Å². The van der Waals surface area contributed by atoms with Crippen LogP contribution in [0.2, 0.25) is 5.02 Å². The predicted octanol–water partition coefficient (Wildman–Crippen LogP) is 3.72. The SMILES string of the molecule is Cc1ccc(Nc2nc(NC[C@@H]3CCCO3)nc3nccnc23)cc1Cl. The average molecular weight is 371 g/mol. The lowest BCUT2D eigenvalue weighted by Gasteiger charge is -2.13. The molecule has 1 aromatic carbocycles. The minimum Gasteiger partial charge on any atom is -0.376 e. The van der Waals surface area contributed by atoms with Gasteiger partial charge in [0.1, 0.15) is 0 Å². The fourth-order valence-corrected chi connectivity index (χ4v) is 3.03. The highest BCUT2D eigenvalue weighted by Gasteiger charge is 2.16. The zero-order valence-corrected chi connectivity index (χ0v) is 15.1. The van der Waals surface area contributed by atoms with Gasteiger partial charge in [-0.2, -0.15) is 9.97 Å². The fraction of sp³-hybridized carbons (Fsp3) is 0.333. The molecule has 0 aliphatic carbocycles. The topological polar surface area (TPSA) is 84.9 Å². The van der Waals surface area contributed by atoms with Crippen molar-refractivity contribution in [3.05, 3.63) is 41.2 Å². The Morgan fingerprint density at radius 2 is 2.12 bits per heavy atom. The van der Waals surface area contributed by atoms with E-state index in [9.17, 15) is 0 Å². The van der Waals surface area contributed by atoms with Crippen molar-refractivity contribution in [3.63, 3.8) is 0 Å². The number of fused-ring (bicyclic) bond motifs is 1. The smallest absolute Gasteiger partial charge is 0.226 e. The van der Waals surface area contributed by atoms with Crippen LogP contribution < -0.4 is 10.6 Å². The average Bonchev–Trinajstić information content (AvgIpc) is 3.17. The maximum atomic E-state index is 6.23. The molecule has 2 aromatic heterocycles. The predicted molar refractivity (Wildman–Crippen MR) is 102 cm³/mol. The zero-order valence-electron chi connectivity index (χ0n) is 14.4. The summed E-state index contributed by atoms with van der Waals surface area (Å²) in [6.07, 6.45) is 5.58. The third-order valence-electron chi connectivity index (χ3n) is 4.28. The van der Waals surface area contributed by atoms with Crippen LogP contribution in [0.15, 0.2) is 30.6 Å². The first-order valence-electron chi connectivity index (χ1n) is 8.56. The largest absolute Gasteiger partial charge is 0.376 e. The second-order valence-corrected chi connectivity index (χ2v) is 6.64. The Kier molecular flexibility index (Phi) is 4.81. The van der Waals surface area contributed by atoms with E-state index in [2.05, 4.69) is 30.6 Å². The number of nitrogens with zero attached hydrogens (tertiary/aromatic N) is 4. The molecule has 1 fully saturated rings. The van der Waals surface area contributed by atoms with Crippen LogP contribution in [0.4, 0.5) is 17.5 Å². The molecule has 3 aromatic rings. The minimum atomic E-state index is 0.198. The lowest BCUT2D eigenvalue weighted by atomic mass is 10.2. The Hall–Kier alpha value is -2.51. The van der Waals surface area contributed by atoms with Gasteiger partial charge in [-0.3, -0.25) is 0 Å². The first-order valence-corrected chi connectivity index (χ1v) is 8.94. The number of ether oxygens (including phenoxy) is 1. The van der Waals surface area contributed by atoms with E-state index in [1.54, 1.807) is 12.4 Å². The molecule has 0 spiro atoms. The van der Waals surface area contributed by atoms with Gasteiger partial charge in [0.2, 0.25) is 5.95 Å². The van der Waals surface area contributed by atoms with Crippen molar-refractivity contribution >= 4 is 40.2 Å².